The number of hydrogen-bond donors (Lipinski definition) is 3. The minimum Gasteiger partial charge on any atom is -0.508 e. The highest BCUT2D eigenvalue weighted by molar-refractivity contribution is 7.80. The number of amides is 1. The molecule has 1 aromatic rings. The van der Waals surface area contributed by atoms with Crippen molar-refractivity contribution in [3.8, 4) is 5.75 Å². The van der Waals surface area contributed by atoms with Crippen molar-refractivity contribution in [2.75, 3.05) is 5.32 Å². The smallest absolute Gasteiger partial charge is 0.222 e. The van der Waals surface area contributed by atoms with E-state index in [0.29, 0.717) is 5.69 Å². The van der Waals surface area contributed by atoms with E-state index in [1.54, 1.807) is 12.1 Å². The van der Waals surface area contributed by atoms with Gasteiger partial charge in [-0.05, 0) is 36.5 Å². The zero-order valence-electron chi connectivity index (χ0n) is 7.57. The Morgan fingerprint density at radius 1 is 1.36 bits per heavy atom. The van der Waals surface area contributed by atoms with E-state index in [4.69, 9.17) is 17.3 Å². The van der Waals surface area contributed by atoms with E-state index in [9.17, 15) is 4.79 Å². The number of phenolic OH excluding ortho intramolecular Hbond substituents is 1. The number of aromatic hydroxyl groups is 1. The molecule has 0 saturated carbocycles. The van der Waals surface area contributed by atoms with Crippen LogP contribution in [0.1, 0.15) is 6.92 Å². The second kappa shape index (κ2) is 4.57. The van der Waals surface area contributed by atoms with Gasteiger partial charge < -0.3 is 15.7 Å². The van der Waals surface area contributed by atoms with Gasteiger partial charge in [0.15, 0.2) is 5.11 Å². The summed E-state index contributed by atoms with van der Waals surface area (Å²) in [6.07, 6.45) is 0. The van der Waals surface area contributed by atoms with Crippen LogP contribution in [0.15, 0.2) is 24.3 Å². The number of benzene rings is 1. The van der Waals surface area contributed by atoms with Gasteiger partial charge in [-0.1, -0.05) is 0 Å². The number of nitrogens with one attached hydrogen (secondary N) is 2. The summed E-state index contributed by atoms with van der Waals surface area (Å²) >= 11 is 4.84. The van der Waals surface area contributed by atoms with Crippen molar-refractivity contribution in [3.63, 3.8) is 0 Å². The van der Waals surface area contributed by atoms with Crippen molar-refractivity contribution >= 4 is 28.9 Å². The number of anilines is 1. The SMILES string of the molecule is CC(=O)NC(=S)Nc1ccc(O)cc1. The first-order valence-corrected chi connectivity index (χ1v) is 4.36. The molecule has 0 spiro atoms. The summed E-state index contributed by atoms with van der Waals surface area (Å²) in [6.45, 7) is 1.38. The Bertz CT molecular complexity index is 348. The van der Waals surface area contributed by atoms with Crippen LogP contribution in [0.5, 0.6) is 5.75 Å². The van der Waals surface area contributed by atoms with E-state index in [1.165, 1.54) is 19.1 Å². The summed E-state index contributed by atoms with van der Waals surface area (Å²) in [4.78, 5) is 10.6. The van der Waals surface area contributed by atoms with Crippen LogP contribution in [-0.4, -0.2) is 16.1 Å². The molecule has 1 aromatic carbocycles. The molecule has 0 aliphatic carbocycles. The van der Waals surface area contributed by atoms with E-state index >= 15 is 0 Å². The molecule has 1 amide bonds. The van der Waals surface area contributed by atoms with E-state index < -0.39 is 0 Å². The molecule has 0 aromatic heterocycles. The lowest BCUT2D eigenvalue weighted by atomic mass is 10.3. The monoisotopic (exact) mass is 210 g/mol. The van der Waals surface area contributed by atoms with Gasteiger partial charge in [0.05, 0.1) is 0 Å². The van der Waals surface area contributed by atoms with Gasteiger partial charge in [0.2, 0.25) is 5.91 Å². The van der Waals surface area contributed by atoms with Crippen LogP contribution >= 0.6 is 12.2 Å². The van der Waals surface area contributed by atoms with Crippen molar-refractivity contribution in [2.45, 2.75) is 6.92 Å². The Morgan fingerprint density at radius 2 is 1.93 bits per heavy atom. The molecule has 3 N–H and O–H groups in total. The van der Waals surface area contributed by atoms with Crippen molar-refractivity contribution in [2.24, 2.45) is 0 Å². The first-order valence-electron chi connectivity index (χ1n) is 3.95. The second-order valence-corrected chi connectivity index (χ2v) is 3.09. The van der Waals surface area contributed by atoms with Crippen LogP contribution in [0.25, 0.3) is 0 Å². The summed E-state index contributed by atoms with van der Waals surface area (Å²) in [5.74, 6) is -0.0396. The highest BCUT2D eigenvalue weighted by Gasteiger charge is 1.98. The third-order valence-electron chi connectivity index (χ3n) is 1.41. The molecule has 0 atom stereocenters. The molecule has 0 fully saturated rings. The summed E-state index contributed by atoms with van der Waals surface area (Å²) in [6, 6.07) is 6.37. The lowest BCUT2D eigenvalue weighted by Crippen LogP contribution is -2.32. The molecule has 0 radical (unpaired) electrons. The Balaban J connectivity index is 2.56. The molecule has 0 unspecified atom stereocenters. The molecule has 4 nitrogen and oxygen atoms in total. The van der Waals surface area contributed by atoms with Gasteiger partial charge in [-0.15, -0.1) is 0 Å². The second-order valence-electron chi connectivity index (χ2n) is 2.68. The van der Waals surface area contributed by atoms with Crippen molar-refractivity contribution in [3.05, 3.63) is 24.3 Å². The van der Waals surface area contributed by atoms with Gasteiger partial charge in [-0.2, -0.15) is 0 Å². The Labute approximate surface area is 86.9 Å². The highest BCUT2D eigenvalue weighted by Crippen LogP contribution is 2.13. The van der Waals surface area contributed by atoms with Crippen molar-refractivity contribution in [1.82, 2.24) is 5.32 Å². The normalized spacial score (nSPS) is 9.21. The van der Waals surface area contributed by atoms with Gasteiger partial charge in [0.25, 0.3) is 0 Å². The van der Waals surface area contributed by atoms with E-state index in [2.05, 4.69) is 10.6 Å². The van der Waals surface area contributed by atoms with Gasteiger partial charge in [0, 0.05) is 12.6 Å². The van der Waals surface area contributed by atoms with E-state index in [1.807, 2.05) is 0 Å². The van der Waals surface area contributed by atoms with Gasteiger partial charge in [0.1, 0.15) is 5.75 Å². The average molecular weight is 210 g/mol. The molecular weight excluding hydrogens is 200 g/mol. The fourth-order valence-electron chi connectivity index (χ4n) is 0.867. The quantitative estimate of drug-likeness (QED) is 0.482. The molecule has 0 bridgehead atoms. The summed E-state index contributed by atoms with van der Waals surface area (Å²) in [5, 5.41) is 14.5. The summed E-state index contributed by atoms with van der Waals surface area (Å²) in [5.41, 5.74) is 0.710. The van der Waals surface area contributed by atoms with Crippen molar-refractivity contribution in [1.29, 1.82) is 0 Å². The summed E-state index contributed by atoms with van der Waals surface area (Å²) < 4.78 is 0. The number of hydrogen-bond acceptors (Lipinski definition) is 3. The van der Waals surface area contributed by atoms with Gasteiger partial charge in [-0.25, -0.2) is 0 Å². The van der Waals surface area contributed by atoms with E-state index in [0.717, 1.165) is 0 Å². The first-order chi connectivity index (χ1) is 6.58. The first kappa shape index (κ1) is 10.5. The number of carbonyl (C=O) groups is 1. The zero-order valence-corrected chi connectivity index (χ0v) is 8.39. The fraction of sp³-hybridized carbons (Fsp3) is 0.111. The molecule has 5 heteroatoms. The molecule has 1 rings (SSSR count). The standard InChI is InChI=1S/C9H10N2O2S/c1-6(12)10-9(14)11-7-2-4-8(13)5-3-7/h2-5,13H,1H3,(H2,10,11,12,14). The molecule has 14 heavy (non-hydrogen) atoms. The van der Waals surface area contributed by atoms with Crippen LogP contribution in [0, 0.1) is 0 Å². The van der Waals surface area contributed by atoms with E-state index in [-0.39, 0.29) is 16.8 Å². The maximum Gasteiger partial charge on any atom is 0.222 e. The van der Waals surface area contributed by atoms with Crippen molar-refractivity contribution < 1.29 is 9.90 Å². The predicted octanol–water partition coefficient (Wildman–Crippen LogP) is 1.23. The minimum atomic E-state index is -0.221. The summed E-state index contributed by atoms with van der Waals surface area (Å²) in [7, 11) is 0. The zero-order chi connectivity index (χ0) is 10.6. The molecular formula is C9H10N2O2S. The third-order valence-corrected chi connectivity index (χ3v) is 1.62. The predicted molar refractivity (Wildman–Crippen MR) is 58.1 cm³/mol. The maximum atomic E-state index is 10.6. The molecule has 0 aliphatic rings. The van der Waals surface area contributed by atoms with Crippen LogP contribution < -0.4 is 10.6 Å². The Kier molecular flexibility index (Phi) is 3.41. The largest absolute Gasteiger partial charge is 0.508 e. The number of phenols is 1. The van der Waals surface area contributed by atoms with Crippen LogP contribution in [-0.2, 0) is 4.79 Å². The highest BCUT2D eigenvalue weighted by atomic mass is 32.1. The lowest BCUT2D eigenvalue weighted by molar-refractivity contribution is -0.117. The molecule has 74 valence electrons. The van der Waals surface area contributed by atoms with Gasteiger partial charge >= 0.3 is 0 Å². The molecule has 0 aliphatic heterocycles. The Morgan fingerprint density at radius 3 is 2.43 bits per heavy atom. The molecule has 0 saturated heterocycles. The van der Waals surface area contributed by atoms with Crippen LogP contribution in [0.3, 0.4) is 0 Å². The van der Waals surface area contributed by atoms with Crippen LogP contribution in [0.2, 0.25) is 0 Å². The average Bonchev–Trinajstić information content (AvgIpc) is 2.07. The lowest BCUT2D eigenvalue weighted by Gasteiger charge is -2.07. The topological polar surface area (TPSA) is 61.4 Å². The molecule has 0 heterocycles. The third kappa shape index (κ3) is 3.40. The minimum absolute atomic E-state index is 0.181. The van der Waals surface area contributed by atoms with Gasteiger partial charge in [-0.3, -0.25) is 4.79 Å². The van der Waals surface area contributed by atoms with Crippen LogP contribution in [0.4, 0.5) is 5.69 Å². The Hall–Kier alpha value is -1.62. The number of rotatable bonds is 1. The number of carbonyl (C=O) groups excluding carboxylic acids is 1. The fourth-order valence-corrected chi connectivity index (χ4v) is 1.13. The maximum absolute atomic E-state index is 10.6. The number of thiocarbonyl (C=S) groups is 1.